The highest BCUT2D eigenvalue weighted by molar-refractivity contribution is 5.97. The number of carbonyl (C=O) groups is 1. The van der Waals surface area contributed by atoms with Crippen LogP contribution < -0.4 is 4.90 Å². The first-order chi connectivity index (χ1) is 6.59. The third-order valence-electron chi connectivity index (χ3n) is 2.74. The van der Waals surface area contributed by atoms with E-state index < -0.39 is 0 Å². The van der Waals surface area contributed by atoms with Gasteiger partial charge in [0.25, 0.3) is 0 Å². The molecule has 74 valence electrons. The second-order valence-electron chi connectivity index (χ2n) is 3.96. The predicted octanol–water partition coefficient (Wildman–Crippen LogP) is 1.55. The second kappa shape index (κ2) is 3.08. The van der Waals surface area contributed by atoms with E-state index in [9.17, 15) is 4.79 Å². The van der Waals surface area contributed by atoms with Gasteiger partial charge >= 0.3 is 0 Å². The lowest BCUT2D eigenvalue weighted by atomic mass is 9.94. The highest BCUT2D eigenvalue weighted by Crippen LogP contribution is 2.28. The van der Waals surface area contributed by atoms with Gasteiger partial charge in [0.1, 0.15) is 0 Å². The summed E-state index contributed by atoms with van der Waals surface area (Å²) in [5.41, 5.74) is 3.14. The summed E-state index contributed by atoms with van der Waals surface area (Å²) in [5, 5.41) is 0. The van der Waals surface area contributed by atoms with E-state index >= 15 is 0 Å². The van der Waals surface area contributed by atoms with Crippen LogP contribution in [-0.4, -0.2) is 17.9 Å². The van der Waals surface area contributed by atoms with Gasteiger partial charge < -0.3 is 4.90 Å². The molecule has 1 aromatic rings. The molecule has 2 heterocycles. The Labute approximate surface area is 83.8 Å². The average Bonchev–Trinajstić information content (AvgIpc) is 2.16. The number of aryl methyl sites for hydroxylation is 1. The number of aromatic nitrogens is 1. The molecule has 14 heavy (non-hydrogen) atoms. The van der Waals surface area contributed by atoms with Crippen LogP contribution in [0, 0.1) is 12.8 Å². The fourth-order valence-corrected chi connectivity index (χ4v) is 1.91. The molecule has 1 amide bonds. The summed E-state index contributed by atoms with van der Waals surface area (Å²) in [6, 6.07) is 1.97. The SMILES string of the molecule is Cc1cc2c(cn1)CC(C)C(=O)N2C. The molecule has 0 radical (unpaired) electrons. The fourth-order valence-electron chi connectivity index (χ4n) is 1.91. The van der Waals surface area contributed by atoms with Crippen molar-refractivity contribution in [2.75, 3.05) is 11.9 Å². The van der Waals surface area contributed by atoms with Crippen LogP contribution in [0.4, 0.5) is 5.69 Å². The molecule has 1 aliphatic heterocycles. The van der Waals surface area contributed by atoms with Gasteiger partial charge in [-0.15, -0.1) is 0 Å². The largest absolute Gasteiger partial charge is 0.315 e. The van der Waals surface area contributed by atoms with Gasteiger partial charge in [-0.25, -0.2) is 0 Å². The monoisotopic (exact) mass is 190 g/mol. The lowest BCUT2D eigenvalue weighted by Gasteiger charge is -2.29. The maximum atomic E-state index is 11.7. The van der Waals surface area contributed by atoms with E-state index in [1.54, 1.807) is 4.90 Å². The molecule has 1 unspecified atom stereocenters. The van der Waals surface area contributed by atoms with Gasteiger partial charge in [-0.3, -0.25) is 9.78 Å². The van der Waals surface area contributed by atoms with Crippen LogP contribution in [0.1, 0.15) is 18.2 Å². The van der Waals surface area contributed by atoms with E-state index in [-0.39, 0.29) is 11.8 Å². The number of hydrogen-bond acceptors (Lipinski definition) is 2. The molecule has 1 atom stereocenters. The van der Waals surface area contributed by atoms with Crippen molar-refractivity contribution in [1.29, 1.82) is 0 Å². The smallest absolute Gasteiger partial charge is 0.229 e. The Morgan fingerprint density at radius 1 is 1.57 bits per heavy atom. The van der Waals surface area contributed by atoms with Gasteiger partial charge in [0, 0.05) is 30.5 Å². The summed E-state index contributed by atoms with van der Waals surface area (Å²) >= 11 is 0. The standard InChI is InChI=1S/C11H14N2O/c1-7-4-9-6-12-8(2)5-10(9)13(3)11(7)14/h5-7H,4H2,1-3H3. The number of carbonyl (C=O) groups excluding carboxylic acids is 1. The summed E-state index contributed by atoms with van der Waals surface area (Å²) in [5.74, 6) is 0.278. The van der Waals surface area contributed by atoms with E-state index in [4.69, 9.17) is 0 Å². The molecule has 0 bridgehead atoms. The maximum Gasteiger partial charge on any atom is 0.229 e. The van der Waals surface area contributed by atoms with Crippen molar-refractivity contribution >= 4 is 11.6 Å². The topological polar surface area (TPSA) is 33.2 Å². The zero-order valence-corrected chi connectivity index (χ0v) is 8.74. The molecule has 0 saturated heterocycles. The number of rotatable bonds is 0. The quantitative estimate of drug-likeness (QED) is 0.621. The molecule has 1 aliphatic rings. The highest BCUT2D eigenvalue weighted by Gasteiger charge is 2.27. The molecular weight excluding hydrogens is 176 g/mol. The minimum atomic E-state index is 0.0806. The lowest BCUT2D eigenvalue weighted by Crippen LogP contribution is -2.37. The Balaban J connectivity index is 2.51. The summed E-state index contributed by atoms with van der Waals surface area (Å²) in [4.78, 5) is 17.7. The third-order valence-corrected chi connectivity index (χ3v) is 2.74. The summed E-state index contributed by atoms with van der Waals surface area (Å²) < 4.78 is 0. The van der Waals surface area contributed by atoms with Gasteiger partial charge in [0.05, 0.1) is 0 Å². The van der Waals surface area contributed by atoms with E-state index in [0.29, 0.717) is 0 Å². The Morgan fingerprint density at radius 2 is 2.29 bits per heavy atom. The normalized spacial score (nSPS) is 20.9. The van der Waals surface area contributed by atoms with Crippen LogP contribution in [0.25, 0.3) is 0 Å². The number of anilines is 1. The molecule has 0 spiro atoms. The molecule has 1 aromatic heterocycles. The van der Waals surface area contributed by atoms with Crippen molar-refractivity contribution in [2.45, 2.75) is 20.3 Å². The number of amides is 1. The predicted molar refractivity (Wildman–Crippen MR) is 55.3 cm³/mol. The first kappa shape index (κ1) is 9.19. The molecule has 0 aliphatic carbocycles. The molecule has 3 heteroatoms. The first-order valence-electron chi connectivity index (χ1n) is 4.82. The molecule has 0 fully saturated rings. The lowest BCUT2D eigenvalue weighted by molar-refractivity contribution is -0.121. The van der Waals surface area contributed by atoms with E-state index in [1.807, 2.05) is 33.2 Å². The van der Waals surface area contributed by atoms with E-state index in [1.165, 1.54) is 5.56 Å². The van der Waals surface area contributed by atoms with Crippen LogP contribution >= 0.6 is 0 Å². The Bertz CT molecular complexity index is 387. The van der Waals surface area contributed by atoms with Crippen molar-refractivity contribution < 1.29 is 4.79 Å². The molecule has 0 N–H and O–H groups in total. The minimum Gasteiger partial charge on any atom is -0.315 e. The summed E-state index contributed by atoms with van der Waals surface area (Å²) in [6.45, 7) is 3.90. The molecule has 2 rings (SSSR count). The van der Waals surface area contributed by atoms with Crippen LogP contribution in [0.5, 0.6) is 0 Å². The van der Waals surface area contributed by atoms with Crippen molar-refractivity contribution in [3.63, 3.8) is 0 Å². The fraction of sp³-hybridized carbons (Fsp3) is 0.455. The van der Waals surface area contributed by atoms with Crippen LogP contribution in [0.2, 0.25) is 0 Å². The van der Waals surface area contributed by atoms with Crippen molar-refractivity contribution in [3.8, 4) is 0 Å². The van der Waals surface area contributed by atoms with Crippen molar-refractivity contribution in [2.24, 2.45) is 5.92 Å². The van der Waals surface area contributed by atoms with Crippen LogP contribution in [0.15, 0.2) is 12.3 Å². The summed E-state index contributed by atoms with van der Waals surface area (Å²) in [6.07, 6.45) is 2.69. The van der Waals surface area contributed by atoms with Crippen molar-refractivity contribution in [3.05, 3.63) is 23.5 Å². The Hall–Kier alpha value is -1.38. The number of nitrogens with zero attached hydrogens (tertiary/aromatic N) is 2. The molecule has 0 saturated carbocycles. The van der Waals surface area contributed by atoms with E-state index in [2.05, 4.69) is 4.98 Å². The van der Waals surface area contributed by atoms with Crippen molar-refractivity contribution in [1.82, 2.24) is 4.98 Å². The minimum absolute atomic E-state index is 0.0806. The maximum absolute atomic E-state index is 11.7. The van der Waals surface area contributed by atoms with Gasteiger partial charge in [-0.1, -0.05) is 6.92 Å². The van der Waals surface area contributed by atoms with Gasteiger partial charge in [-0.05, 0) is 25.0 Å². The Morgan fingerprint density at radius 3 is 3.00 bits per heavy atom. The van der Waals surface area contributed by atoms with Gasteiger partial charge in [0.15, 0.2) is 0 Å². The number of pyridine rings is 1. The van der Waals surface area contributed by atoms with E-state index in [0.717, 1.165) is 17.8 Å². The molecule has 3 nitrogen and oxygen atoms in total. The third kappa shape index (κ3) is 1.29. The Kier molecular flexibility index (Phi) is 2.02. The summed E-state index contributed by atoms with van der Waals surface area (Å²) in [7, 11) is 1.83. The first-order valence-corrected chi connectivity index (χ1v) is 4.82. The highest BCUT2D eigenvalue weighted by atomic mass is 16.2. The second-order valence-corrected chi connectivity index (χ2v) is 3.96. The zero-order valence-electron chi connectivity index (χ0n) is 8.74. The van der Waals surface area contributed by atoms with Gasteiger partial charge in [-0.2, -0.15) is 0 Å². The average molecular weight is 190 g/mol. The van der Waals surface area contributed by atoms with Crippen LogP contribution in [0.3, 0.4) is 0 Å². The number of fused-ring (bicyclic) bond motifs is 1. The van der Waals surface area contributed by atoms with Gasteiger partial charge in [0.2, 0.25) is 5.91 Å². The number of hydrogen-bond donors (Lipinski definition) is 0. The van der Waals surface area contributed by atoms with Crippen LogP contribution in [-0.2, 0) is 11.2 Å². The zero-order chi connectivity index (χ0) is 10.3. The molecule has 0 aromatic carbocycles. The molecular formula is C11H14N2O.